The van der Waals surface area contributed by atoms with E-state index >= 15 is 0 Å². The van der Waals surface area contributed by atoms with Gasteiger partial charge in [-0.3, -0.25) is 0 Å². The lowest BCUT2D eigenvalue weighted by atomic mass is 9.77. The first-order valence-corrected chi connectivity index (χ1v) is 30.9. The number of hydrogen-bond acceptors (Lipinski definition) is 0. The zero-order valence-electron chi connectivity index (χ0n) is 54.9. The van der Waals surface area contributed by atoms with Gasteiger partial charge in [0.15, 0.2) is 0 Å². The van der Waals surface area contributed by atoms with Crippen LogP contribution in [0.15, 0.2) is 146 Å². The molecule has 0 saturated heterocycles. The summed E-state index contributed by atoms with van der Waals surface area (Å²) >= 11 is 0. The molecule has 3 aromatic heterocycles. The third-order valence-corrected chi connectivity index (χ3v) is 18.4. The Morgan fingerprint density at radius 1 is 0.241 bits per heavy atom. The topological polar surface area (TPSA) is 14.8 Å². The second-order valence-electron chi connectivity index (χ2n) is 32.8. The van der Waals surface area contributed by atoms with Crippen LogP contribution in [0.5, 0.6) is 0 Å². The van der Waals surface area contributed by atoms with Crippen molar-refractivity contribution < 1.29 is 0 Å². The van der Waals surface area contributed by atoms with Crippen LogP contribution in [-0.2, 0) is 49.7 Å². The zero-order chi connectivity index (χ0) is 60.3. The standard InChI is InChI=1S/C80H95N3/c1-73(2,3)51-26-34-64-58(42-51)59-43-52(74(4,5)6)27-35-65(59)81(64)57-32-24-50(25-33-57)80(22,23)48-49-40-70(82-66-36-28-53(75(7,8)9)44-60(66)61-45-54(76(10,11)12)29-37-67(61)82)72(79(19,20)21)71(41-49)83-68-38-30-55(77(13,14)15)46-62(68)63-47-56(78(16,17)18)31-39-69(63)83/h24-47H,48H2,1-23H3. The summed E-state index contributed by atoms with van der Waals surface area (Å²) in [7, 11) is 0. The van der Waals surface area contributed by atoms with E-state index in [4.69, 9.17) is 0 Å². The molecule has 3 heterocycles. The first-order valence-electron chi connectivity index (χ1n) is 30.9. The lowest BCUT2D eigenvalue weighted by molar-refractivity contribution is 0.521. The van der Waals surface area contributed by atoms with Crippen LogP contribution in [0.2, 0.25) is 0 Å². The molecule has 0 amide bonds. The Hall–Kier alpha value is -6.84. The van der Waals surface area contributed by atoms with Crippen molar-refractivity contribution in [3.8, 4) is 17.1 Å². The van der Waals surface area contributed by atoms with Crippen LogP contribution < -0.4 is 0 Å². The minimum absolute atomic E-state index is 0.0102. The summed E-state index contributed by atoms with van der Waals surface area (Å²) in [5, 5.41) is 7.85. The number of nitrogens with zero attached hydrogens (tertiary/aromatic N) is 3. The van der Waals surface area contributed by atoms with Crippen LogP contribution in [-0.4, -0.2) is 13.7 Å². The summed E-state index contributed by atoms with van der Waals surface area (Å²) in [6, 6.07) is 58.2. The van der Waals surface area contributed by atoms with Gasteiger partial charge in [0.05, 0.1) is 44.5 Å². The maximum atomic E-state index is 2.64. The van der Waals surface area contributed by atoms with E-state index in [1.807, 2.05) is 0 Å². The average molecular weight is 1100 g/mol. The second-order valence-corrected chi connectivity index (χ2v) is 32.8. The Kier molecular flexibility index (Phi) is 13.3. The van der Waals surface area contributed by atoms with Crippen molar-refractivity contribution in [3.63, 3.8) is 0 Å². The lowest BCUT2D eigenvalue weighted by Gasteiger charge is -2.32. The van der Waals surface area contributed by atoms with Crippen LogP contribution >= 0.6 is 0 Å². The van der Waals surface area contributed by atoms with Crippen LogP contribution in [0.3, 0.4) is 0 Å². The highest BCUT2D eigenvalue weighted by Crippen LogP contribution is 2.47. The summed E-state index contributed by atoms with van der Waals surface area (Å²) < 4.78 is 7.77. The van der Waals surface area contributed by atoms with Crippen LogP contribution in [0.1, 0.15) is 209 Å². The molecule has 0 bridgehead atoms. The molecule has 11 aromatic rings. The molecule has 0 saturated carbocycles. The summed E-state index contributed by atoms with van der Waals surface area (Å²) in [5.74, 6) is 0. The van der Waals surface area contributed by atoms with E-state index in [0.29, 0.717) is 0 Å². The third kappa shape index (κ3) is 10.2. The van der Waals surface area contributed by atoms with Crippen molar-refractivity contribution in [1.29, 1.82) is 0 Å². The van der Waals surface area contributed by atoms with Gasteiger partial charge >= 0.3 is 0 Å². The van der Waals surface area contributed by atoms with Crippen molar-refractivity contribution in [3.05, 3.63) is 196 Å². The van der Waals surface area contributed by atoms with Crippen LogP contribution in [0.4, 0.5) is 0 Å². The molecule has 430 valence electrons. The maximum Gasteiger partial charge on any atom is 0.0541 e. The molecule has 0 radical (unpaired) electrons. The van der Waals surface area contributed by atoms with Gasteiger partial charge in [0.2, 0.25) is 0 Å². The van der Waals surface area contributed by atoms with Gasteiger partial charge < -0.3 is 13.7 Å². The Balaban J connectivity index is 1.17. The number of fused-ring (bicyclic) bond motifs is 9. The fraction of sp³-hybridized carbons (Fsp3) is 0.400. The SMILES string of the molecule is CC(C)(C)c1ccc2c(c1)c1cc(C(C)(C)C)ccc1n2-c1ccc(C(C)(C)Cc2cc(-n3c4ccc(C(C)(C)C)cc4c4cc(C(C)(C)C)ccc43)c(C(C)(C)C)c(-n3c4ccc(C(C)(C)C)cc4c4cc(C(C)(C)C)ccc43)c2)cc1. The molecular weight excluding hydrogens is 1000 g/mol. The molecule has 0 fully saturated rings. The number of aromatic nitrogens is 3. The molecule has 11 rings (SSSR count). The molecule has 8 aromatic carbocycles. The van der Waals surface area contributed by atoms with E-state index < -0.39 is 0 Å². The van der Waals surface area contributed by atoms with Gasteiger partial charge in [-0.15, -0.1) is 0 Å². The van der Waals surface area contributed by atoms with Crippen molar-refractivity contribution in [2.75, 3.05) is 0 Å². The monoisotopic (exact) mass is 1100 g/mol. The Morgan fingerprint density at radius 3 is 0.699 bits per heavy atom. The molecule has 0 aliphatic carbocycles. The van der Waals surface area contributed by atoms with Crippen LogP contribution in [0.25, 0.3) is 82.5 Å². The number of rotatable bonds is 6. The first kappa shape index (κ1) is 58.0. The molecule has 0 aliphatic heterocycles. The van der Waals surface area contributed by atoms with Crippen molar-refractivity contribution >= 4 is 65.4 Å². The van der Waals surface area contributed by atoms with E-state index in [9.17, 15) is 0 Å². The summed E-state index contributed by atoms with van der Waals surface area (Å²) in [4.78, 5) is 0. The molecule has 83 heavy (non-hydrogen) atoms. The molecule has 0 atom stereocenters. The largest absolute Gasteiger partial charge is 0.309 e. The van der Waals surface area contributed by atoms with Gasteiger partial charge in [-0.05, 0) is 191 Å². The predicted molar refractivity (Wildman–Crippen MR) is 364 cm³/mol. The van der Waals surface area contributed by atoms with Gasteiger partial charge in [0.1, 0.15) is 0 Å². The van der Waals surface area contributed by atoms with Gasteiger partial charge in [-0.1, -0.05) is 208 Å². The summed E-state index contributed by atoms with van der Waals surface area (Å²) in [6.07, 6.45) is 0.830. The molecule has 0 unspecified atom stereocenters. The Bertz CT molecular complexity index is 3980. The lowest BCUT2D eigenvalue weighted by Crippen LogP contribution is -2.23. The van der Waals surface area contributed by atoms with Gasteiger partial charge in [-0.2, -0.15) is 0 Å². The van der Waals surface area contributed by atoms with E-state index in [-0.39, 0.29) is 43.3 Å². The molecule has 3 heteroatoms. The molecule has 0 N–H and O–H groups in total. The van der Waals surface area contributed by atoms with E-state index in [2.05, 4.69) is 319 Å². The van der Waals surface area contributed by atoms with E-state index in [1.165, 1.54) is 133 Å². The minimum Gasteiger partial charge on any atom is -0.309 e. The normalized spacial score (nSPS) is 13.8. The van der Waals surface area contributed by atoms with Crippen LogP contribution in [0, 0.1) is 0 Å². The van der Waals surface area contributed by atoms with Crippen molar-refractivity contribution in [2.45, 2.75) is 209 Å². The van der Waals surface area contributed by atoms with Crippen molar-refractivity contribution in [1.82, 2.24) is 13.7 Å². The maximum absolute atomic E-state index is 2.64. The summed E-state index contributed by atoms with van der Waals surface area (Å²) in [5.41, 5.74) is 22.7. The van der Waals surface area contributed by atoms with Gasteiger partial charge in [0.25, 0.3) is 0 Å². The highest BCUT2D eigenvalue weighted by Gasteiger charge is 2.33. The minimum atomic E-state index is -0.275. The smallest absolute Gasteiger partial charge is 0.0541 e. The zero-order valence-corrected chi connectivity index (χ0v) is 54.9. The highest BCUT2D eigenvalue weighted by atomic mass is 15.0. The van der Waals surface area contributed by atoms with E-state index in [1.54, 1.807) is 0 Å². The number of hydrogen-bond donors (Lipinski definition) is 0. The van der Waals surface area contributed by atoms with E-state index in [0.717, 1.165) is 6.42 Å². The fourth-order valence-electron chi connectivity index (χ4n) is 13.2. The molecule has 3 nitrogen and oxygen atoms in total. The second kappa shape index (κ2) is 19.1. The van der Waals surface area contributed by atoms with Gasteiger partial charge in [0, 0.05) is 43.6 Å². The quantitative estimate of drug-likeness (QED) is 0.158. The Labute approximate surface area is 498 Å². The summed E-state index contributed by atoms with van der Waals surface area (Å²) in [6.45, 7) is 54.2. The fourth-order valence-corrected chi connectivity index (χ4v) is 13.2. The highest BCUT2D eigenvalue weighted by molar-refractivity contribution is 6.12. The van der Waals surface area contributed by atoms with Gasteiger partial charge in [-0.25, -0.2) is 0 Å². The molecular formula is C80H95N3. The Morgan fingerprint density at radius 2 is 0.470 bits per heavy atom. The number of benzene rings is 8. The third-order valence-electron chi connectivity index (χ3n) is 18.4. The molecule has 0 spiro atoms. The average Bonchev–Trinajstić information content (AvgIpc) is 2.10. The van der Waals surface area contributed by atoms with Crippen molar-refractivity contribution in [2.24, 2.45) is 0 Å². The molecule has 0 aliphatic rings. The predicted octanol–water partition coefficient (Wildman–Crippen LogP) is 22.6. The first-order chi connectivity index (χ1) is 38.3.